The van der Waals surface area contributed by atoms with Gasteiger partial charge in [0.1, 0.15) is 31.7 Å². The third-order valence-corrected chi connectivity index (χ3v) is 6.58. The van der Waals surface area contributed by atoms with Gasteiger partial charge < -0.3 is 14.4 Å². The van der Waals surface area contributed by atoms with E-state index in [9.17, 15) is 14.0 Å². The maximum Gasteiger partial charge on any atom is 0.278 e. The number of carbonyl (C=O) groups is 1. The van der Waals surface area contributed by atoms with E-state index < -0.39 is 23.3 Å². The molecule has 2 aromatic carbocycles. The summed E-state index contributed by atoms with van der Waals surface area (Å²) in [6.07, 6.45) is 4.76. The number of hydrogen-bond acceptors (Lipinski definition) is 6. The van der Waals surface area contributed by atoms with Crippen LogP contribution in [0.5, 0.6) is 11.5 Å². The molecular weight excluding hydrogens is 523 g/mol. The predicted octanol–water partition coefficient (Wildman–Crippen LogP) is 4.85. The molecule has 0 spiro atoms. The fourth-order valence-corrected chi connectivity index (χ4v) is 4.78. The lowest BCUT2D eigenvalue weighted by molar-refractivity contribution is 0.0697. The third kappa shape index (κ3) is 5.74. The number of pyridine rings is 2. The second-order valence-electron chi connectivity index (χ2n) is 9.30. The molecule has 0 fully saturated rings. The number of hydrogen-bond donors (Lipinski definition) is 0. The Labute approximate surface area is 237 Å². The number of nitrogens with zero attached hydrogens (tertiary/aromatic N) is 4. The van der Waals surface area contributed by atoms with Crippen LogP contribution in [0.2, 0.25) is 0 Å². The second-order valence-corrected chi connectivity index (χ2v) is 9.30. The summed E-state index contributed by atoms with van der Waals surface area (Å²) in [5.74, 6) is -0.592. The zero-order valence-corrected chi connectivity index (χ0v) is 22.4. The standard InChI is InChI=1S/C32H29FN4O4/c1-3-18-35-22-37(29(25-14-10-16-28(33)34-25)24-13-8-9-15-27(24)40-20-4-2)36-19-17-26(38)31(30(36)32(35)39)41-21-23-11-6-5-7-12-23/h3-17,19,29H,1-2,18,20-22H2. The van der Waals surface area contributed by atoms with Crippen LogP contribution in [-0.2, 0) is 6.61 Å². The first-order valence-electron chi connectivity index (χ1n) is 13.1. The van der Waals surface area contributed by atoms with Gasteiger partial charge >= 0.3 is 0 Å². The first-order valence-corrected chi connectivity index (χ1v) is 13.1. The van der Waals surface area contributed by atoms with Gasteiger partial charge in [-0.05, 0) is 23.8 Å². The number of benzene rings is 2. The van der Waals surface area contributed by atoms with E-state index in [1.807, 2.05) is 59.6 Å². The first kappa shape index (κ1) is 27.4. The van der Waals surface area contributed by atoms with E-state index in [1.165, 1.54) is 23.2 Å². The maximum absolute atomic E-state index is 14.5. The van der Waals surface area contributed by atoms with Crippen molar-refractivity contribution in [3.8, 4) is 11.5 Å². The number of ether oxygens (including phenoxy) is 2. The average Bonchev–Trinajstić information content (AvgIpc) is 2.99. The molecule has 41 heavy (non-hydrogen) atoms. The molecule has 1 amide bonds. The summed E-state index contributed by atoms with van der Waals surface area (Å²) >= 11 is 0. The molecular formula is C32H29FN4O4. The molecule has 9 heteroatoms. The van der Waals surface area contributed by atoms with E-state index in [0.717, 1.165) is 5.56 Å². The SMILES string of the molecule is C=CCOc1ccccc1C(c1cccc(F)n1)N1CN(CC=C)C(=O)c2c(OCc3ccccc3)c(=O)ccn21. The summed E-state index contributed by atoms with van der Waals surface area (Å²) in [5, 5.41) is 1.83. The highest BCUT2D eigenvalue weighted by molar-refractivity contribution is 5.96. The topological polar surface area (TPSA) is 76.9 Å². The molecule has 0 aliphatic carbocycles. The smallest absolute Gasteiger partial charge is 0.278 e. The average molecular weight is 553 g/mol. The van der Waals surface area contributed by atoms with Gasteiger partial charge in [0.25, 0.3) is 5.91 Å². The number of aromatic nitrogens is 2. The molecule has 0 bridgehead atoms. The number of rotatable bonds is 11. The lowest BCUT2D eigenvalue weighted by Gasteiger charge is -2.43. The molecule has 0 radical (unpaired) electrons. The predicted molar refractivity (Wildman–Crippen MR) is 154 cm³/mol. The molecule has 5 rings (SSSR count). The van der Waals surface area contributed by atoms with Crippen molar-refractivity contribution >= 4 is 5.91 Å². The Balaban J connectivity index is 1.69. The van der Waals surface area contributed by atoms with E-state index in [2.05, 4.69) is 18.1 Å². The second kappa shape index (κ2) is 12.3. The van der Waals surface area contributed by atoms with E-state index in [1.54, 1.807) is 29.0 Å². The number of para-hydroxylation sites is 1. The highest BCUT2D eigenvalue weighted by Gasteiger charge is 2.38. The van der Waals surface area contributed by atoms with Crippen LogP contribution in [0.25, 0.3) is 0 Å². The highest BCUT2D eigenvalue weighted by Crippen LogP contribution is 2.36. The lowest BCUT2D eigenvalue weighted by atomic mass is 10.0. The van der Waals surface area contributed by atoms with Crippen molar-refractivity contribution in [2.75, 3.05) is 24.8 Å². The van der Waals surface area contributed by atoms with Crippen LogP contribution in [0, 0.1) is 5.95 Å². The van der Waals surface area contributed by atoms with Crippen LogP contribution in [0.1, 0.15) is 33.4 Å². The lowest BCUT2D eigenvalue weighted by Crippen LogP contribution is -2.55. The molecule has 1 aliphatic heterocycles. The molecule has 8 nitrogen and oxygen atoms in total. The molecule has 0 saturated carbocycles. The third-order valence-electron chi connectivity index (χ3n) is 6.58. The minimum absolute atomic E-state index is 0.0485. The Bertz CT molecular complexity index is 1620. The molecule has 2 aromatic heterocycles. The Hall–Kier alpha value is -5.18. The van der Waals surface area contributed by atoms with Gasteiger partial charge in [-0.3, -0.25) is 19.3 Å². The van der Waals surface area contributed by atoms with Crippen LogP contribution in [0.3, 0.4) is 0 Å². The zero-order chi connectivity index (χ0) is 28.8. The molecule has 1 atom stereocenters. The van der Waals surface area contributed by atoms with Crippen molar-refractivity contribution < 1.29 is 18.7 Å². The molecule has 0 N–H and O–H groups in total. The summed E-state index contributed by atoms with van der Waals surface area (Å²) in [7, 11) is 0. The monoisotopic (exact) mass is 552 g/mol. The van der Waals surface area contributed by atoms with Gasteiger partial charge in [0, 0.05) is 24.4 Å². The van der Waals surface area contributed by atoms with E-state index in [-0.39, 0.29) is 37.9 Å². The van der Waals surface area contributed by atoms with Crippen molar-refractivity contribution in [3.05, 3.63) is 149 Å². The molecule has 4 aromatic rings. The summed E-state index contributed by atoms with van der Waals surface area (Å²) in [4.78, 5) is 32.7. The normalized spacial score (nSPS) is 13.3. The van der Waals surface area contributed by atoms with E-state index in [4.69, 9.17) is 9.47 Å². The number of fused-ring (bicyclic) bond motifs is 1. The maximum atomic E-state index is 14.5. The van der Waals surface area contributed by atoms with Gasteiger partial charge in [0.15, 0.2) is 11.4 Å². The van der Waals surface area contributed by atoms with Crippen molar-refractivity contribution in [1.82, 2.24) is 14.6 Å². The summed E-state index contributed by atoms with van der Waals surface area (Å²) < 4.78 is 28.1. The van der Waals surface area contributed by atoms with Crippen LogP contribution >= 0.6 is 0 Å². The van der Waals surface area contributed by atoms with Crippen molar-refractivity contribution in [2.24, 2.45) is 0 Å². The summed E-state index contributed by atoms with van der Waals surface area (Å²) in [6, 6.07) is 21.9. The van der Waals surface area contributed by atoms with Crippen LogP contribution in [0.15, 0.2) is 115 Å². The number of halogens is 1. The zero-order valence-electron chi connectivity index (χ0n) is 22.4. The Kier molecular flexibility index (Phi) is 8.24. The van der Waals surface area contributed by atoms with Gasteiger partial charge in [-0.15, -0.1) is 6.58 Å². The Morgan fingerprint density at radius 3 is 2.46 bits per heavy atom. The fraction of sp³-hybridized carbons (Fsp3) is 0.156. The minimum Gasteiger partial charge on any atom is -0.489 e. The van der Waals surface area contributed by atoms with E-state index in [0.29, 0.717) is 17.0 Å². The van der Waals surface area contributed by atoms with Crippen LogP contribution in [-0.4, -0.2) is 40.3 Å². The van der Waals surface area contributed by atoms with E-state index >= 15 is 0 Å². The summed E-state index contributed by atoms with van der Waals surface area (Å²) in [5.41, 5.74) is 1.51. The number of carbonyl (C=O) groups excluding carboxylic acids is 1. The highest BCUT2D eigenvalue weighted by atomic mass is 19.1. The number of amides is 1. The fourth-order valence-electron chi connectivity index (χ4n) is 4.78. The van der Waals surface area contributed by atoms with Crippen molar-refractivity contribution in [3.63, 3.8) is 0 Å². The first-order chi connectivity index (χ1) is 20.0. The van der Waals surface area contributed by atoms with Crippen molar-refractivity contribution in [1.29, 1.82) is 0 Å². The van der Waals surface area contributed by atoms with Gasteiger partial charge in [0.05, 0.1) is 5.69 Å². The largest absolute Gasteiger partial charge is 0.489 e. The minimum atomic E-state index is -0.727. The van der Waals surface area contributed by atoms with Gasteiger partial charge in [0.2, 0.25) is 11.4 Å². The van der Waals surface area contributed by atoms with Crippen LogP contribution < -0.4 is 19.9 Å². The van der Waals surface area contributed by atoms with Gasteiger partial charge in [-0.1, -0.05) is 73.3 Å². The molecule has 1 aliphatic rings. The summed E-state index contributed by atoms with van der Waals surface area (Å²) in [6.45, 7) is 8.17. The van der Waals surface area contributed by atoms with Crippen molar-refractivity contribution in [2.45, 2.75) is 12.6 Å². The van der Waals surface area contributed by atoms with Crippen LogP contribution in [0.4, 0.5) is 4.39 Å². The Morgan fingerprint density at radius 2 is 1.71 bits per heavy atom. The Morgan fingerprint density at radius 1 is 0.927 bits per heavy atom. The van der Waals surface area contributed by atoms with Gasteiger partial charge in [-0.25, -0.2) is 4.98 Å². The quantitative estimate of drug-likeness (QED) is 0.196. The molecule has 3 heterocycles. The van der Waals surface area contributed by atoms with Gasteiger partial charge in [-0.2, -0.15) is 4.39 Å². The molecule has 0 saturated heterocycles. The molecule has 1 unspecified atom stereocenters. The molecule has 208 valence electrons.